The second-order valence-corrected chi connectivity index (χ2v) is 14.0. The van der Waals surface area contributed by atoms with Crippen LogP contribution in [0.1, 0.15) is 92.5 Å². The van der Waals surface area contributed by atoms with Crippen LogP contribution in [0.5, 0.6) is 0 Å². The van der Waals surface area contributed by atoms with Crippen molar-refractivity contribution in [3.05, 3.63) is 156 Å². The van der Waals surface area contributed by atoms with Crippen LogP contribution in [0.4, 0.5) is 0 Å². The van der Waals surface area contributed by atoms with E-state index >= 15 is 0 Å². The van der Waals surface area contributed by atoms with E-state index in [4.69, 9.17) is 0 Å². The Bertz CT molecular complexity index is 1900. The molecule has 0 N–H and O–H groups in total. The maximum Gasteiger partial charge on any atom is -0.00295 e. The van der Waals surface area contributed by atoms with Crippen LogP contribution in [0, 0.1) is 24.3 Å². The molecule has 0 unspecified atom stereocenters. The van der Waals surface area contributed by atoms with Crippen molar-refractivity contribution < 1.29 is 0 Å². The lowest BCUT2D eigenvalue weighted by Crippen LogP contribution is -2.29. The molecule has 4 aromatic carbocycles. The van der Waals surface area contributed by atoms with Gasteiger partial charge in [-0.3, -0.25) is 0 Å². The van der Waals surface area contributed by atoms with Gasteiger partial charge in [0.1, 0.15) is 0 Å². The van der Waals surface area contributed by atoms with Gasteiger partial charge >= 0.3 is 0 Å². The quantitative estimate of drug-likeness (QED) is 0.217. The molecule has 206 valence electrons. The fourth-order valence-electron chi connectivity index (χ4n) is 6.32. The van der Waals surface area contributed by atoms with Crippen molar-refractivity contribution in [3.63, 3.8) is 0 Å². The summed E-state index contributed by atoms with van der Waals surface area (Å²) in [6.07, 6.45) is 10.3. The highest BCUT2D eigenvalue weighted by molar-refractivity contribution is 5.88. The molecule has 0 amide bonds. The molecule has 0 fully saturated rings. The van der Waals surface area contributed by atoms with E-state index in [0.717, 1.165) is 6.42 Å². The second-order valence-electron chi connectivity index (χ2n) is 14.0. The zero-order chi connectivity index (χ0) is 29.1. The van der Waals surface area contributed by atoms with Gasteiger partial charge in [0.2, 0.25) is 0 Å². The Labute approximate surface area is 245 Å². The average molecular weight is 535 g/mol. The molecule has 4 aromatic rings. The lowest BCUT2D eigenvalue weighted by Gasteiger charge is -2.26. The molecule has 41 heavy (non-hydrogen) atoms. The van der Waals surface area contributed by atoms with Crippen LogP contribution in [0.25, 0.3) is 17.2 Å². The lowest BCUT2D eigenvalue weighted by atomic mass is 9.78. The first kappa shape index (κ1) is 27.3. The van der Waals surface area contributed by atoms with Crippen LogP contribution in [0.2, 0.25) is 0 Å². The standard InChI is InChI=1S/C41H42/c1-26-13-17-29(18-14-26)37(30-19-15-27(2)16-20-30)39-36(41(6,7)8)25-34-33-24-32(40(3,4)5)22-21-31(33)23-35(34)38(39)28-11-9-10-12-28/h9-11,13-25H,12H2,1-8H3. The van der Waals surface area contributed by atoms with E-state index in [2.05, 4.69) is 152 Å². The fourth-order valence-corrected chi connectivity index (χ4v) is 6.32. The summed E-state index contributed by atoms with van der Waals surface area (Å²) in [6.45, 7) is 18.4. The highest BCUT2D eigenvalue weighted by Gasteiger charge is 2.26. The first-order valence-electron chi connectivity index (χ1n) is 15.0. The summed E-state index contributed by atoms with van der Waals surface area (Å²) >= 11 is 0. The van der Waals surface area contributed by atoms with Crippen LogP contribution >= 0.6 is 0 Å². The van der Waals surface area contributed by atoms with E-state index in [1.807, 2.05) is 0 Å². The van der Waals surface area contributed by atoms with Crippen molar-refractivity contribution in [1.29, 1.82) is 0 Å². The summed E-state index contributed by atoms with van der Waals surface area (Å²) in [7, 11) is 0. The van der Waals surface area contributed by atoms with Gasteiger partial charge in [-0.05, 0) is 109 Å². The van der Waals surface area contributed by atoms with Crippen LogP contribution in [0.15, 0.2) is 91.0 Å². The lowest BCUT2D eigenvalue weighted by molar-refractivity contribution is 0.584. The first-order chi connectivity index (χ1) is 19.4. The number of rotatable bonds is 3. The molecule has 0 bridgehead atoms. The molecule has 6 rings (SSSR count). The molecule has 0 saturated heterocycles. The molecular formula is C41H42. The Balaban J connectivity index is 1.89. The largest absolute Gasteiger partial charge is 0.0801 e. The van der Waals surface area contributed by atoms with E-state index in [9.17, 15) is 0 Å². The van der Waals surface area contributed by atoms with E-state index in [-0.39, 0.29) is 10.8 Å². The molecule has 0 nitrogen and oxygen atoms in total. The number of fused-ring (bicyclic) bond motifs is 2. The van der Waals surface area contributed by atoms with E-state index in [1.165, 1.54) is 76.5 Å². The first-order valence-corrected chi connectivity index (χ1v) is 15.0. The van der Waals surface area contributed by atoms with Gasteiger partial charge in [-0.1, -0.05) is 138 Å². The van der Waals surface area contributed by atoms with Crippen molar-refractivity contribution >= 4 is 17.2 Å². The molecule has 2 aliphatic carbocycles. The smallest absolute Gasteiger partial charge is 0.00295 e. The molecule has 0 heteroatoms. The van der Waals surface area contributed by atoms with E-state index in [0.29, 0.717) is 0 Å². The molecular weight excluding hydrogens is 492 g/mol. The third-order valence-corrected chi connectivity index (χ3v) is 8.71. The van der Waals surface area contributed by atoms with Gasteiger partial charge in [0.05, 0.1) is 0 Å². The summed E-state index contributed by atoms with van der Waals surface area (Å²) < 4.78 is 0. The van der Waals surface area contributed by atoms with Crippen molar-refractivity contribution in [2.24, 2.45) is 0 Å². The Kier molecular flexibility index (Phi) is 6.57. The van der Waals surface area contributed by atoms with Crippen molar-refractivity contribution in [1.82, 2.24) is 0 Å². The van der Waals surface area contributed by atoms with Gasteiger partial charge in [0.15, 0.2) is 0 Å². The number of allylic oxidation sites excluding steroid dienone is 4. The SMILES string of the molecule is Cc1ccc(C(c2ccc(C)cc2)=c2c(C(C)(C)C)cc3c(c2C2=CC=CC2)C=c2ccc(C(C)(C)C)cc2=3)cc1. The Morgan fingerprint density at radius 1 is 0.659 bits per heavy atom. The van der Waals surface area contributed by atoms with E-state index < -0.39 is 0 Å². The Hall–Kier alpha value is -3.90. The maximum absolute atomic E-state index is 2.52. The summed E-state index contributed by atoms with van der Waals surface area (Å²) in [4.78, 5) is 0. The predicted octanol–water partition coefficient (Wildman–Crippen LogP) is 8.92. The molecule has 0 atom stereocenters. The average Bonchev–Trinajstić information content (AvgIpc) is 3.57. The summed E-state index contributed by atoms with van der Waals surface area (Å²) in [6, 6.07) is 27.9. The Morgan fingerprint density at radius 3 is 1.78 bits per heavy atom. The number of aryl methyl sites for hydroxylation is 2. The molecule has 0 heterocycles. The fraction of sp³-hybridized carbons (Fsp3) is 0.268. The van der Waals surface area contributed by atoms with Crippen molar-refractivity contribution in [2.45, 2.75) is 72.6 Å². The van der Waals surface area contributed by atoms with Crippen LogP contribution in [-0.4, -0.2) is 0 Å². The Morgan fingerprint density at radius 2 is 1.27 bits per heavy atom. The molecule has 0 aliphatic heterocycles. The predicted molar refractivity (Wildman–Crippen MR) is 176 cm³/mol. The summed E-state index contributed by atoms with van der Waals surface area (Å²) in [5.41, 5.74) is 13.4. The molecule has 2 aliphatic rings. The van der Waals surface area contributed by atoms with Crippen LogP contribution in [0.3, 0.4) is 0 Å². The minimum atomic E-state index is -0.0588. The summed E-state index contributed by atoms with van der Waals surface area (Å²) in [5, 5.41) is 5.43. The highest BCUT2D eigenvalue weighted by Crippen LogP contribution is 2.34. The third-order valence-electron chi connectivity index (χ3n) is 8.71. The number of benzene rings is 4. The normalized spacial score (nSPS) is 14.0. The van der Waals surface area contributed by atoms with Crippen molar-refractivity contribution in [2.75, 3.05) is 0 Å². The molecule has 0 radical (unpaired) electrons. The number of hydrogen-bond acceptors (Lipinski definition) is 0. The minimum Gasteiger partial charge on any atom is -0.0801 e. The van der Waals surface area contributed by atoms with Gasteiger partial charge < -0.3 is 0 Å². The third kappa shape index (κ3) is 4.95. The van der Waals surface area contributed by atoms with Gasteiger partial charge in [-0.25, -0.2) is 0 Å². The van der Waals surface area contributed by atoms with Crippen molar-refractivity contribution in [3.8, 4) is 0 Å². The van der Waals surface area contributed by atoms with Gasteiger partial charge in [0, 0.05) is 0 Å². The van der Waals surface area contributed by atoms with Crippen LogP contribution < -0.4 is 10.4 Å². The zero-order valence-corrected chi connectivity index (χ0v) is 25.9. The second kappa shape index (κ2) is 9.88. The van der Waals surface area contributed by atoms with E-state index in [1.54, 1.807) is 0 Å². The minimum absolute atomic E-state index is 0.0588. The maximum atomic E-state index is 2.52. The van der Waals surface area contributed by atoms with Gasteiger partial charge in [-0.15, -0.1) is 0 Å². The topological polar surface area (TPSA) is 0 Å². The van der Waals surface area contributed by atoms with Gasteiger partial charge in [0.25, 0.3) is 0 Å². The van der Waals surface area contributed by atoms with Crippen LogP contribution in [-0.2, 0) is 10.8 Å². The summed E-state index contributed by atoms with van der Waals surface area (Å²) in [5.74, 6) is 0. The monoisotopic (exact) mass is 534 g/mol. The number of hydrogen-bond donors (Lipinski definition) is 0. The molecule has 0 aromatic heterocycles. The van der Waals surface area contributed by atoms with Gasteiger partial charge in [-0.2, -0.15) is 0 Å². The zero-order valence-electron chi connectivity index (χ0n) is 25.9. The molecule has 0 spiro atoms. The highest BCUT2D eigenvalue weighted by atomic mass is 14.3. The molecule has 0 saturated carbocycles.